The number of primary amides is 1. The summed E-state index contributed by atoms with van der Waals surface area (Å²) in [5.41, 5.74) is 1.89. The van der Waals surface area contributed by atoms with Crippen LogP contribution in [0.25, 0.3) is 0 Å². The molecule has 1 fully saturated rings. The molecule has 5 nitrogen and oxygen atoms in total. The minimum absolute atomic E-state index is 0.0955. The molecule has 2 amide bonds. The number of rotatable bonds is 6. The molecule has 0 bridgehead atoms. The molecule has 2 N–H and O–H groups in total. The van der Waals surface area contributed by atoms with E-state index in [2.05, 4.69) is 32.7 Å². The van der Waals surface area contributed by atoms with E-state index < -0.39 is 40.7 Å². The Hall–Kier alpha value is -1.64. The molecule has 9 heteroatoms. The van der Waals surface area contributed by atoms with Gasteiger partial charge in [0.2, 0.25) is 5.91 Å². The lowest BCUT2D eigenvalue weighted by Gasteiger charge is -2.46. The lowest BCUT2D eigenvalue weighted by Crippen LogP contribution is -2.53. The Labute approximate surface area is 192 Å². The normalized spacial score (nSPS) is 26.5. The Kier molecular flexibility index (Phi) is 7.16. The number of amides is 2. The first-order valence-corrected chi connectivity index (χ1v) is 11.9. The summed E-state index contributed by atoms with van der Waals surface area (Å²) in [7, 11) is 0. The van der Waals surface area contributed by atoms with E-state index in [1.807, 2.05) is 10.2 Å². The molecule has 32 heavy (non-hydrogen) atoms. The maximum Gasteiger partial charge on any atom is 0.390 e. The van der Waals surface area contributed by atoms with Gasteiger partial charge in [-0.05, 0) is 63.4 Å². The van der Waals surface area contributed by atoms with Crippen LogP contribution in [0.2, 0.25) is 0 Å². The zero-order valence-electron chi connectivity index (χ0n) is 20.2. The predicted molar refractivity (Wildman–Crippen MR) is 120 cm³/mol. The smallest absolute Gasteiger partial charge is 0.369 e. The molecular weight excluding hydrogens is 439 g/mol. The minimum Gasteiger partial charge on any atom is -0.369 e. The zero-order valence-corrected chi connectivity index (χ0v) is 21.0. The molecule has 0 aromatic carbocycles. The SMILES string of the molecule is CCCCc1cn(C(C)(C)C)sc1=NC(=O)[C@@]1(C)CC[C@](CC(F)(F)F)(C(N)=O)C1(C)C. The first kappa shape index (κ1) is 26.6. The molecule has 0 spiro atoms. The van der Waals surface area contributed by atoms with Crippen molar-refractivity contribution in [2.24, 2.45) is 27.0 Å². The predicted octanol–water partition coefficient (Wildman–Crippen LogP) is 5.32. The van der Waals surface area contributed by atoms with Crippen LogP contribution in [0.15, 0.2) is 11.2 Å². The molecule has 2 atom stereocenters. The zero-order chi connectivity index (χ0) is 24.8. The van der Waals surface area contributed by atoms with Crippen LogP contribution in [0, 0.1) is 16.2 Å². The van der Waals surface area contributed by atoms with Gasteiger partial charge in [0.05, 0.1) is 17.3 Å². The third kappa shape index (κ3) is 4.68. The van der Waals surface area contributed by atoms with Crippen molar-refractivity contribution in [2.45, 2.75) is 98.7 Å². The summed E-state index contributed by atoms with van der Waals surface area (Å²) in [5.74, 6) is -1.50. The molecule has 0 unspecified atom stereocenters. The Morgan fingerprint density at radius 1 is 1.19 bits per heavy atom. The Bertz CT molecular complexity index is 940. The number of hydrogen-bond acceptors (Lipinski definition) is 3. The summed E-state index contributed by atoms with van der Waals surface area (Å²) < 4.78 is 42.9. The van der Waals surface area contributed by atoms with Crippen LogP contribution in [-0.2, 0) is 21.5 Å². The fourth-order valence-electron chi connectivity index (χ4n) is 4.71. The topological polar surface area (TPSA) is 77.4 Å². The fraction of sp³-hybridized carbons (Fsp3) is 0.783. The number of carbonyl (C=O) groups excluding carboxylic acids is 2. The third-order valence-electron chi connectivity index (χ3n) is 7.47. The van der Waals surface area contributed by atoms with E-state index in [0.717, 1.165) is 24.8 Å². The highest BCUT2D eigenvalue weighted by atomic mass is 32.1. The van der Waals surface area contributed by atoms with Crippen molar-refractivity contribution in [3.8, 4) is 0 Å². The second kappa shape index (κ2) is 8.61. The summed E-state index contributed by atoms with van der Waals surface area (Å²) in [5, 5.41) is 0. The van der Waals surface area contributed by atoms with Crippen LogP contribution in [0.4, 0.5) is 13.2 Å². The van der Waals surface area contributed by atoms with Crippen LogP contribution in [0.5, 0.6) is 0 Å². The van der Waals surface area contributed by atoms with E-state index in [1.165, 1.54) is 11.5 Å². The minimum atomic E-state index is -4.57. The molecule has 1 aromatic heterocycles. The summed E-state index contributed by atoms with van der Waals surface area (Å²) in [6.07, 6.45) is -1.18. The van der Waals surface area contributed by atoms with E-state index in [4.69, 9.17) is 5.73 Å². The lowest BCUT2D eigenvalue weighted by molar-refractivity contribution is -0.184. The molecule has 0 aliphatic heterocycles. The Morgan fingerprint density at radius 3 is 2.25 bits per heavy atom. The summed E-state index contributed by atoms with van der Waals surface area (Å²) in [4.78, 5) is 30.3. The number of nitrogens with two attached hydrogens (primary N) is 1. The van der Waals surface area contributed by atoms with Crippen LogP contribution >= 0.6 is 11.5 Å². The third-order valence-corrected chi connectivity index (χ3v) is 8.85. The van der Waals surface area contributed by atoms with E-state index in [1.54, 1.807) is 20.8 Å². The van der Waals surface area contributed by atoms with Gasteiger partial charge in [0, 0.05) is 17.3 Å². The van der Waals surface area contributed by atoms with E-state index in [-0.39, 0.29) is 18.4 Å². The van der Waals surface area contributed by atoms with Gasteiger partial charge in [-0.15, -0.1) is 0 Å². The number of aromatic nitrogens is 1. The van der Waals surface area contributed by atoms with Crippen LogP contribution < -0.4 is 10.4 Å². The van der Waals surface area contributed by atoms with Crippen molar-refractivity contribution in [3.05, 3.63) is 16.4 Å². The van der Waals surface area contributed by atoms with Gasteiger partial charge in [-0.25, -0.2) is 4.99 Å². The van der Waals surface area contributed by atoms with E-state index in [9.17, 15) is 22.8 Å². The largest absolute Gasteiger partial charge is 0.390 e. The fourth-order valence-corrected chi connectivity index (χ4v) is 5.75. The summed E-state index contributed by atoms with van der Waals surface area (Å²) in [6.45, 7) is 13.0. The van der Waals surface area contributed by atoms with Gasteiger partial charge in [-0.1, -0.05) is 34.1 Å². The highest BCUT2D eigenvalue weighted by Crippen LogP contribution is 2.65. The van der Waals surface area contributed by atoms with Gasteiger partial charge in [0.25, 0.3) is 5.91 Å². The number of halogens is 3. The molecule has 1 saturated carbocycles. The average Bonchev–Trinajstić information content (AvgIpc) is 3.12. The number of nitrogens with zero attached hydrogens (tertiary/aromatic N) is 2. The van der Waals surface area contributed by atoms with Crippen molar-refractivity contribution < 1.29 is 22.8 Å². The summed E-state index contributed by atoms with van der Waals surface area (Å²) >= 11 is 1.38. The Morgan fingerprint density at radius 2 is 1.78 bits per heavy atom. The molecule has 2 rings (SSSR count). The molecule has 0 radical (unpaired) electrons. The number of alkyl halides is 3. The van der Waals surface area contributed by atoms with Gasteiger partial charge in [0.1, 0.15) is 4.67 Å². The average molecular weight is 476 g/mol. The van der Waals surface area contributed by atoms with Crippen LogP contribution in [0.3, 0.4) is 0 Å². The van der Waals surface area contributed by atoms with E-state index in [0.29, 0.717) is 4.67 Å². The standard InChI is InChI=1S/C23H36F3N3O2S/c1-8-9-10-15-13-29(19(2,3)4)32-16(15)28-18(31)21(7)11-12-22(17(27)30,20(21,5)6)14-23(24,25)26/h13H,8-12,14H2,1-7H3,(H2,27,30)/t21-,22+/m1/s1. The van der Waals surface area contributed by atoms with Gasteiger partial charge >= 0.3 is 6.18 Å². The number of unbranched alkanes of at least 4 members (excludes halogenated alkanes) is 1. The number of aryl methyl sites for hydroxylation is 1. The van der Waals surface area contributed by atoms with Gasteiger partial charge in [-0.3, -0.25) is 13.5 Å². The van der Waals surface area contributed by atoms with Crippen LogP contribution in [0.1, 0.15) is 86.1 Å². The van der Waals surface area contributed by atoms with Gasteiger partial charge in [-0.2, -0.15) is 13.2 Å². The maximum atomic E-state index is 13.5. The quantitative estimate of drug-likeness (QED) is 0.604. The van der Waals surface area contributed by atoms with Crippen molar-refractivity contribution in [3.63, 3.8) is 0 Å². The highest BCUT2D eigenvalue weighted by Gasteiger charge is 2.68. The van der Waals surface area contributed by atoms with Crippen molar-refractivity contribution >= 4 is 23.3 Å². The Balaban J connectivity index is 2.57. The number of hydrogen-bond donors (Lipinski definition) is 1. The molecule has 182 valence electrons. The van der Waals surface area contributed by atoms with Crippen molar-refractivity contribution in [1.29, 1.82) is 0 Å². The van der Waals surface area contributed by atoms with Crippen molar-refractivity contribution in [2.75, 3.05) is 0 Å². The highest BCUT2D eigenvalue weighted by molar-refractivity contribution is 7.04. The van der Waals surface area contributed by atoms with Crippen molar-refractivity contribution in [1.82, 2.24) is 3.96 Å². The molecular formula is C23H36F3N3O2S. The monoisotopic (exact) mass is 475 g/mol. The number of carbonyl (C=O) groups is 2. The second-order valence-corrected chi connectivity index (χ2v) is 11.7. The van der Waals surface area contributed by atoms with E-state index >= 15 is 0 Å². The molecule has 0 saturated heterocycles. The summed E-state index contributed by atoms with van der Waals surface area (Å²) in [6, 6.07) is 0. The van der Waals surface area contributed by atoms with Gasteiger partial charge < -0.3 is 5.73 Å². The lowest BCUT2D eigenvalue weighted by atomic mass is 9.57. The second-order valence-electron chi connectivity index (χ2n) is 10.8. The molecule has 1 aliphatic rings. The van der Waals surface area contributed by atoms with Crippen LogP contribution in [-0.4, -0.2) is 21.9 Å². The van der Waals surface area contributed by atoms with Gasteiger partial charge in [0.15, 0.2) is 0 Å². The maximum absolute atomic E-state index is 13.5. The first-order chi connectivity index (χ1) is 14.4. The first-order valence-electron chi connectivity index (χ1n) is 11.1. The molecule has 1 heterocycles. The molecule has 1 aromatic rings. The molecule has 1 aliphatic carbocycles.